The van der Waals surface area contributed by atoms with Crippen molar-refractivity contribution in [1.29, 1.82) is 0 Å². The Morgan fingerprint density at radius 1 is 1.45 bits per heavy atom. The van der Waals surface area contributed by atoms with Gasteiger partial charge in [-0.3, -0.25) is 15.0 Å². The van der Waals surface area contributed by atoms with Crippen LogP contribution in [0.25, 0.3) is 0 Å². The second kappa shape index (κ2) is 4.91. The highest BCUT2D eigenvalue weighted by Gasteiger charge is 2.63. The average Bonchev–Trinajstić information content (AvgIpc) is 2.93. The van der Waals surface area contributed by atoms with E-state index in [1.165, 1.54) is 7.11 Å². The zero-order valence-corrected chi connectivity index (χ0v) is 13.4. The van der Waals surface area contributed by atoms with Crippen molar-refractivity contribution in [2.75, 3.05) is 12.0 Å². The van der Waals surface area contributed by atoms with Crippen LogP contribution in [0.4, 0.5) is 5.69 Å². The minimum Gasteiger partial charge on any atom is -0.464 e. The Kier molecular flexibility index (Phi) is 3.28. The van der Waals surface area contributed by atoms with Crippen LogP contribution in [0.1, 0.15) is 6.92 Å². The van der Waals surface area contributed by atoms with Gasteiger partial charge in [-0.05, 0) is 25.1 Å². The molecule has 1 N–H and O–H groups in total. The molecule has 1 fully saturated rings. The minimum atomic E-state index is -1.27. The topological polar surface area (TPSA) is 88.1 Å². The first kappa shape index (κ1) is 14.7. The van der Waals surface area contributed by atoms with Crippen LogP contribution in [0.3, 0.4) is 0 Å². The molecule has 114 valence electrons. The molecule has 0 radical (unpaired) electrons. The van der Waals surface area contributed by atoms with Gasteiger partial charge in [-0.2, -0.15) is 5.10 Å². The fourth-order valence-electron chi connectivity index (χ4n) is 2.70. The van der Waals surface area contributed by atoms with Crippen molar-refractivity contribution in [2.24, 2.45) is 11.0 Å². The second-order valence-electron chi connectivity index (χ2n) is 5.19. The van der Waals surface area contributed by atoms with Crippen molar-refractivity contribution in [1.82, 2.24) is 5.43 Å². The van der Waals surface area contributed by atoms with Crippen molar-refractivity contribution in [3.05, 3.63) is 28.7 Å². The quantitative estimate of drug-likeness (QED) is 0.619. The van der Waals surface area contributed by atoms with Gasteiger partial charge < -0.3 is 4.74 Å². The van der Waals surface area contributed by atoms with Crippen LogP contribution >= 0.6 is 15.9 Å². The third-order valence-corrected chi connectivity index (χ3v) is 4.33. The van der Waals surface area contributed by atoms with Crippen molar-refractivity contribution in [3.8, 4) is 0 Å². The number of rotatable bonds is 2. The summed E-state index contributed by atoms with van der Waals surface area (Å²) in [4.78, 5) is 38.2. The number of anilines is 1. The number of fused-ring (bicyclic) bond motifs is 1. The number of hydrogen-bond acceptors (Lipinski definition) is 6. The lowest BCUT2D eigenvalue weighted by atomic mass is 9.86. The average molecular weight is 366 g/mol. The highest BCUT2D eigenvalue weighted by molar-refractivity contribution is 9.10. The van der Waals surface area contributed by atoms with Gasteiger partial charge in [0.1, 0.15) is 11.5 Å². The number of carbonyl (C=O) groups is 3. The Labute approximate surface area is 134 Å². The third-order valence-electron chi connectivity index (χ3n) is 3.84. The molecule has 7 nitrogen and oxygen atoms in total. The molecule has 0 aliphatic carbocycles. The van der Waals surface area contributed by atoms with E-state index in [4.69, 9.17) is 0 Å². The van der Waals surface area contributed by atoms with E-state index in [1.807, 2.05) is 0 Å². The molecule has 0 unspecified atom stereocenters. The van der Waals surface area contributed by atoms with Crippen molar-refractivity contribution in [2.45, 2.75) is 12.5 Å². The van der Waals surface area contributed by atoms with Gasteiger partial charge >= 0.3 is 5.97 Å². The molecule has 0 aromatic heterocycles. The number of benzene rings is 1. The summed E-state index contributed by atoms with van der Waals surface area (Å²) in [6, 6.07) is 6.82. The number of nitrogens with one attached hydrogen (secondary N) is 1. The van der Waals surface area contributed by atoms with E-state index in [2.05, 4.69) is 31.2 Å². The monoisotopic (exact) mass is 365 g/mol. The molecule has 22 heavy (non-hydrogen) atoms. The standard InChI is InChI=1S/C14H12BrN3O4/c1-14-9(10(16-17-14)12(20)22-2)11(19)18(13(14)21)8-5-3-4-7(15)6-8/h3-6,9,17H,1-2H3/t9-,14-/m0/s1. The van der Waals surface area contributed by atoms with Gasteiger partial charge in [0.25, 0.3) is 5.91 Å². The molecule has 1 aromatic carbocycles. The van der Waals surface area contributed by atoms with E-state index in [-0.39, 0.29) is 5.71 Å². The predicted molar refractivity (Wildman–Crippen MR) is 81.1 cm³/mol. The fourth-order valence-corrected chi connectivity index (χ4v) is 3.09. The fraction of sp³-hybridized carbons (Fsp3) is 0.286. The lowest BCUT2D eigenvalue weighted by Gasteiger charge is -2.20. The number of halogens is 1. The maximum Gasteiger partial charge on any atom is 0.355 e. The zero-order chi connectivity index (χ0) is 16.1. The smallest absolute Gasteiger partial charge is 0.355 e. The Morgan fingerprint density at radius 3 is 2.82 bits per heavy atom. The molecule has 2 aliphatic heterocycles. The van der Waals surface area contributed by atoms with E-state index < -0.39 is 29.2 Å². The summed E-state index contributed by atoms with van der Waals surface area (Å²) < 4.78 is 5.37. The van der Waals surface area contributed by atoms with Gasteiger partial charge in [0.05, 0.1) is 12.8 Å². The summed E-state index contributed by atoms with van der Waals surface area (Å²) in [6.45, 7) is 1.55. The maximum absolute atomic E-state index is 12.7. The van der Waals surface area contributed by atoms with Gasteiger partial charge in [-0.15, -0.1) is 0 Å². The number of hydrazone groups is 1. The molecule has 0 saturated carbocycles. The first-order valence-electron chi connectivity index (χ1n) is 6.47. The predicted octanol–water partition coefficient (Wildman–Crippen LogP) is 0.829. The number of nitrogens with zero attached hydrogens (tertiary/aromatic N) is 2. The summed E-state index contributed by atoms with van der Waals surface area (Å²) in [5.41, 5.74) is 1.70. The van der Waals surface area contributed by atoms with Crippen LogP contribution in [0.5, 0.6) is 0 Å². The zero-order valence-electron chi connectivity index (χ0n) is 11.8. The number of imide groups is 1. The molecule has 2 heterocycles. The molecule has 1 saturated heterocycles. The second-order valence-corrected chi connectivity index (χ2v) is 6.11. The Balaban J connectivity index is 2.05. The van der Waals surface area contributed by atoms with Crippen LogP contribution in [0.2, 0.25) is 0 Å². The van der Waals surface area contributed by atoms with Crippen LogP contribution in [0, 0.1) is 5.92 Å². The van der Waals surface area contributed by atoms with Gasteiger partial charge in [0, 0.05) is 4.47 Å². The molecule has 0 bridgehead atoms. The number of carbonyl (C=O) groups excluding carboxylic acids is 3. The molecular weight excluding hydrogens is 354 g/mol. The van der Waals surface area contributed by atoms with Gasteiger partial charge in [-0.25, -0.2) is 9.69 Å². The van der Waals surface area contributed by atoms with E-state index in [0.717, 1.165) is 9.37 Å². The van der Waals surface area contributed by atoms with Gasteiger partial charge in [0.2, 0.25) is 5.91 Å². The van der Waals surface area contributed by atoms with E-state index in [0.29, 0.717) is 5.69 Å². The Hall–Kier alpha value is -2.22. The summed E-state index contributed by atoms with van der Waals surface area (Å²) in [6.07, 6.45) is 0. The Morgan fingerprint density at radius 2 is 2.18 bits per heavy atom. The van der Waals surface area contributed by atoms with Crippen LogP contribution in [-0.2, 0) is 19.1 Å². The van der Waals surface area contributed by atoms with E-state index in [1.54, 1.807) is 31.2 Å². The highest BCUT2D eigenvalue weighted by atomic mass is 79.9. The lowest BCUT2D eigenvalue weighted by Crippen LogP contribution is -2.48. The first-order chi connectivity index (χ1) is 10.4. The number of amides is 2. The van der Waals surface area contributed by atoms with Crippen LogP contribution < -0.4 is 10.3 Å². The Bertz CT molecular complexity index is 733. The molecule has 2 atom stereocenters. The van der Waals surface area contributed by atoms with Crippen LogP contribution in [0.15, 0.2) is 33.8 Å². The molecule has 3 rings (SSSR count). The minimum absolute atomic E-state index is 0.0825. The third kappa shape index (κ3) is 1.87. The van der Waals surface area contributed by atoms with Crippen LogP contribution in [-0.4, -0.2) is 36.1 Å². The maximum atomic E-state index is 12.7. The first-order valence-corrected chi connectivity index (χ1v) is 7.26. The van der Waals surface area contributed by atoms with Crippen molar-refractivity contribution < 1.29 is 19.1 Å². The van der Waals surface area contributed by atoms with Crippen molar-refractivity contribution in [3.63, 3.8) is 0 Å². The number of ether oxygens (including phenoxy) is 1. The van der Waals surface area contributed by atoms with E-state index >= 15 is 0 Å². The molecule has 8 heteroatoms. The molecular formula is C14H12BrN3O4. The lowest BCUT2D eigenvalue weighted by molar-refractivity contribution is -0.133. The molecule has 1 aromatic rings. The van der Waals surface area contributed by atoms with Gasteiger partial charge in [0.15, 0.2) is 5.71 Å². The summed E-state index contributed by atoms with van der Waals surface area (Å²) in [5.74, 6) is -2.67. The summed E-state index contributed by atoms with van der Waals surface area (Å²) in [5, 5.41) is 3.82. The number of esters is 1. The summed E-state index contributed by atoms with van der Waals surface area (Å²) >= 11 is 3.31. The molecule has 0 spiro atoms. The summed E-state index contributed by atoms with van der Waals surface area (Å²) in [7, 11) is 1.20. The van der Waals surface area contributed by atoms with E-state index in [9.17, 15) is 14.4 Å². The largest absolute Gasteiger partial charge is 0.464 e. The number of methoxy groups -OCH3 is 1. The molecule has 2 aliphatic rings. The van der Waals surface area contributed by atoms with Gasteiger partial charge in [-0.1, -0.05) is 22.0 Å². The van der Waals surface area contributed by atoms with Crippen molar-refractivity contribution >= 4 is 45.1 Å². The SMILES string of the molecule is COC(=O)C1=NN[C@]2(C)C(=O)N(c3cccc(Br)c3)C(=O)[C@H]12. The highest BCUT2D eigenvalue weighted by Crippen LogP contribution is 2.38. The number of hydrogen-bond donors (Lipinski definition) is 1. The normalized spacial score (nSPS) is 26.6. The molecule has 2 amide bonds.